The molecule has 0 aromatic heterocycles. The fourth-order valence-corrected chi connectivity index (χ4v) is 0.839. The summed E-state index contributed by atoms with van der Waals surface area (Å²) >= 11 is 0. The van der Waals surface area contributed by atoms with Gasteiger partial charge in [-0.25, -0.2) is 9.79 Å². The number of carbonyl (C=O) groups excluding carboxylic acids is 1. The van der Waals surface area contributed by atoms with Crippen molar-refractivity contribution in [3.63, 3.8) is 0 Å². The lowest BCUT2D eigenvalue weighted by Crippen LogP contribution is -2.06. The third kappa shape index (κ3) is 1.84. The van der Waals surface area contributed by atoms with Gasteiger partial charge in [0.1, 0.15) is 0 Å². The van der Waals surface area contributed by atoms with Crippen molar-refractivity contribution < 1.29 is 9.53 Å². The smallest absolute Gasteiger partial charge is 0.365 e. The van der Waals surface area contributed by atoms with E-state index in [9.17, 15) is 4.79 Å². The average Bonchev–Trinajstić information content (AvgIpc) is 2.31. The molecule has 1 aliphatic rings. The highest BCUT2D eigenvalue weighted by Gasteiger charge is 2.21. The van der Waals surface area contributed by atoms with E-state index in [1.54, 1.807) is 11.1 Å². The van der Waals surface area contributed by atoms with E-state index >= 15 is 0 Å². The molecular weight excluding hydrogens is 156 g/mol. The van der Waals surface area contributed by atoms with Crippen LogP contribution >= 0.6 is 0 Å². The molecule has 0 spiro atoms. The summed E-state index contributed by atoms with van der Waals surface area (Å²) in [4.78, 5) is 16.8. The first kappa shape index (κ1) is 8.77. The highest BCUT2D eigenvalue weighted by Crippen LogP contribution is 2.12. The molecule has 0 atom stereocenters. The summed E-state index contributed by atoms with van der Waals surface area (Å²) in [6.07, 6.45) is 2.29. The van der Waals surface area contributed by atoms with Crippen LogP contribution in [0.5, 0.6) is 0 Å². The largest absolute Gasteiger partial charge is 0.407 e. The lowest BCUT2D eigenvalue weighted by Gasteiger charge is -2.02. The van der Waals surface area contributed by atoms with Crippen LogP contribution in [0.15, 0.2) is 16.9 Å². The van der Waals surface area contributed by atoms with Gasteiger partial charge in [0.15, 0.2) is 11.6 Å². The van der Waals surface area contributed by atoms with Gasteiger partial charge in [0.05, 0.1) is 0 Å². The van der Waals surface area contributed by atoms with E-state index < -0.39 is 0 Å². The van der Waals surface area contributed by atoms with Crippen LogP contribution < -0.4 is 0 Å². The van der Waals surface area contributed by atoms with Crippen LogP contribution in [0.3, 0.4) is 0 Å². The van der Waals surface area contributed by atoms with Crippen LogP contribution in [0.2, 0.25) is 0 Å². The number of esters is 1. The number of hydrogen-bond donors (Lipinski definition) is 0. The minimum atomic E-state index is -0.361. The standard InChI is InChI=1S/C8H12N2O2/c1-4-7-9-6(5-10(2)3)8(11)12-7/h5H,4H2,1-3H3/b6-5-. The predicted octanol–water partition coefficient (Wildman–Crippen LogP) is 0.755. The quantitative estimate of drug-likeness (QED) is 0.451. The second-order valence-corrected chi connectivity index (χ2v) is 2.73. The Morgan fingerprint density at radius 2 is 2.25 bits per heavy atom. The number of carbonyl (C=O) groups is 1. The van der Waals surface area contributed by atoms with E-state index in [0.717, 1.165) is 0 Å². The number of rotatable bonds is 2. The summed E-state index contributed by atoms with van der Waals surface area (Å²) in [6.45, 7) is 1.89. The molecule has 4 nitrogen and oxygen atoms in total. The third-order valence-electron chi connectivity index (χ3n) is 1.35. The summed E-state index contributed by atoms with van der Waals surface area (Å²) in [7, 11) is 3.67. The minimum Gasteiger partial charge on any atom is -0.407 e. The molecule has 1 heterocycles. The predicted molar refractivity (Wildman–Crippen MR) is 45.6 cm³/mol. The maximum absolute atomic E-state index is 11.0. The Labute approximate surface area is 71.5 Å². The van der Waals surface area contributed by atoms with Gasteiger partial charge in [0, 0.05) is 26.7 Å². The van der Waals surface area contributed by atoms with Crippen molar-refractivity contribution in [2.24, 2.45) is 4.99 Å². The topological polar surface area (TPSA) is 41.9 Å². The van der Waals surface area contributed by atoms with Gasteiger partial charge in [0.25, 0.3) is 0 Å². The summed E-state index contributed by atoms with van der Waals surface area (Å²) < 4.78 is 4.84. The molecule has 0 N–H and O–H groups in total. The number of ether oxygens (including phenoxy) is 1. The van der Waals surface area contributed by atoms with Crippen molar-refractivity contribution in [3.05, 3.63) is 11.9 Å². The minimum absolute atomic E-state index is 0.361. The third-order valence-corrected chi connectivity index (χ3v) is 1.35. The number of nitrogens with zero attached hydrogens (tertiary/aromatic N) is 2. The van der Waals surface area contributed by atoms with E-state index in [1.165, 1.54) is 0 Å². The van der Waals surface area contributed by atoms with Gasteiger partial charge in [-0.2, -0.15) is 0 Å². The van der Waals surface area contributed by atoms with Crippen LogP contribution in [0.4, 0.5) is 0 Å². The molecule has 0 radical (unpaired) electrons. The molecule has 0 aliphatic carbocycles. The van der Waals surface area contributed by atoms with E-state index in [2.05, 4.69) is 4.99 Å². The van der Waals surface area contributed by atoms with Crippen molar-refractivity contribution >= 4 is 11.9 Å². The van der Waals surface area contributed by atoms with Crippen molar-refractivity contribution in [1.29, 1.82) is 0 Å². The molecule has 12 heavy (non-hydrogen) atoms. The Morgan fingerprint density at radius 1 is 1.58 bits per heavy atom. The van der Waals surface area contributed by atoms with Gasteiger partial charge in [-0.15, -0.1) is 0 Å². The highest BCUT2D eigenvalue weighted by atomic mass is 16.6. The van der Waals surface area contributed by atoms with Crippen LogP contribution in [0.1, 0.15) is 13.3 Å². The van der Waals surface area contributed by atoms with E-state index in [0.29, 0.717) is 18.0 Å². The zero-order valence-corrected chi connectivity index (χ0v) is 7.50. The molecule has 66 valence electrons. The van der Waals surface area contributed by atoms with Crippen molar-refractivity contribution in [2.45, 2.75) is 13.3 Å². The second-order valence-electron chi connectivity index (χ2n) is 2.73. The molecule has 1 rings (SSSR count). The SMILES string of the molecule is CCC1=N/C(=C\N(C)C)C(=O)O1. The summed E-state index contributed by atoms with van der Waals surface area (Å²) in [6, 6.07) is 0. The van der Waals surface area contributed by atoms with Crippen LogP contribution in [-0.4, -0.2) is 30.9 Å². The number of hydrogen-bond acceptors (Lipinski definition) is 4. The fraction of sp³-hybridized carbons (Fsp3) is 0.500. The van der Waals surface area contributed by atoms with Gasteiger partial charge >= 0.3 is 5.97 Å². The van der Waals surface area contributed by atoms with E-state index in [1.807, 2.05) is 21.0 Å². The monoisotopic (exact) mass is 168 g/mol. The second kappa shape index (κ2) is 3.38. The fourth-order valence-electron chi connectivity index (χ4n) is 0.839. The highest BCUT2D eigenvalue weighted by molar-refractivity contribution is 6.04. The van der Waals surface area contributed by atoms with E-state index in [-0.39, 0.29) is 5.97 Å². The summed E-state index contributed by atoms with van der Waals surface area (Å²) in [5.41, 5.74) is 0.372. The van der Waals surface area contributed by atoms with Crippen LogP contribution in [0, 0.1) is 0 Å². The Hall–Kier alpha value is -1.32. The van der Waals surface area contributed by atoms with Gasteiger partial charge in [-0.05, 0) is 0 Å². The molecule has 0 aromatic carbocycles. The molecule has 4 heteroatoms. The van der Waals surface area contributed by atoms with Crippen LogP contribution in [0.25, 0.3) is 0 Å². The van der Waals surface area contributed by atoms with Crippen LogP contribution in [-0.2, 0) is 9.53 Å². The normalized spacial score (nSPS) is 19.4. The van der Waals surface area contributed by atoms with Gasteiger partial charge in [-0.3, -0.25) is 0 Å². The summed E-state index contributed by atoms with van der Waals surface area (Å²) in [5, 5.41) is 0. The van der Waals surface area contributed by atoms with Gasteiger partial charge in [-0.1, -0.05) is 6.92 Å². The van der Waals surface area contributed by atoms with Crippen molar-refractivity contribution in [1.82, 2.24) is 4.90 Å². The van der Waals surface area contributed by atoms with Gasteiger partial charge < -0.3 is 9.64 Å². The maximum Gasteiger partial charge on any atom is 0.365 e. The lowest BCUT2D eigenvalue weighted by atomic mass is 10.5. The Balaban J connectivity index is 2.79. The zero-order chi connectivity index (χ0) is 9.14. The molecule has 0 bridgehead atoms. The Bertz CT molecular complexity index is 254. The lowest BCUT2D eigenvalue weighted by molar-refractivity contribution is -0.130. The first-order valence-corrected chi connectivity index (χ1v) is 3.81. The Morgan fingerprint density at radius 3 is 2.67 bits per heavy atom. The molecule has 1 aliphatic heterocycles. The number of cyclic esters (lactones) is 1. The molecule has 0 saturated heterocycles. The first-order valence-electron chi connectivity index (χ1n) is 3.81. The van der Waals surface area contributed by atoms with Gasteiger partial charge in [0.2, 0.25) is 0 Å². The molecule has 0 fully saturated rings. The zero-order valence-electron chi connectivity index (χ0n) is 7.50. The number of aliphatic imine (C=N–C) groups is 1. The Kier molecular flexibility index (Phi) is 2.47. The maximum atomic E-state index is 11.0. The molecule has 0 saturated carbocycles. The average molecular weight is 168 g/mol. The van der Waals surface area contributed by atoms with Crippen molar-refractivity contribution in [2.75, 3.05) is 14.1 Å². The molecule has 0 amide bonds. The molecular formula is C8H12N2O2. The van der Waals surface area contributed by atoms with E-state index in [4.69, 9.17) is 4.74 Å². The molecule has 0 unspecified atom stereocenters. The first-order chi connectivity index (χ1) is 5.63. The summed E-state index contributed by atoms with van der Waals surface area (Å²) in [5.74, 6) is 0.133. The molecule has 0 aromatic rings. The van der Waals surface area contributed by atoms with Crippen molar-refractivity contribution in [3.8, 4) is 0 Å².